The number of nitrogens with zero attached hydrogens (tertiary/aromatic N) is 1. The Morgan fingerprint density at radius 1 is 1.60 bits per heavy atom. The van der Waals surface area contributed by atoms with Crippen molar-refractivity contribution in [3.8, 4) is 0 Å². The molecule has 1 aromatic rings. The topological polar surface area (TPSA) is 45.8 Å². The van der Waals surface area contributed by atoms with E-state index in [1.165, 1.54) is 19.3 Å². The zero-order valence-electron chi connectivity index (χ0n) is 5.46. The lowest BCUT2D eigenvalue weighted by Crippen LogP contribution is -2.11. The number of aromatic amines is 1. The third-order valence-corrected chi connectivity index (χ3v) is 2.50. The Hall–Kier alpha value is -0.640. The second kappa shape index (κ2) is 2.20. The minimum Gasteiger partial charge on any atom is -0.299 e. The molecule has 0 unspecified atom stereocenters. The molecule has 1 aliphatic carbocycles. The molecular formula is C6H8N2OS. The highest BCUT2D eigenvalue weighted by atomic mass is 32.1. The molecule has 0 atom stereocenters. The SMILES string of the molecule is O=c1[nH]c(C2CCC2)ns1. The Kier molecular flexibility index (Phi) is 1.34. The fourth-order valence-electron chi connectivity index (χ4n) is 1.10. The molecule has 4 heteroatoms. The molecule has 0 spiro atoms. The zero-order chi connectivity index (χ0) is 6.97. The molecule has 0 radical (unpaired) electrons. The molecule has 54 valence electrons. The summed E-state index contributed by atoms with van der Waals surface area (Å²) in [5, 5.41) is 0. The van der Waals surface area contributed by atoms with E-state index in [0.717, 1.165) is 17.4 Å². The minimum absolute atomic E-state index is 0.0260. The molecule has 1 fully saturated rings. The summed E-state index contributed by atoms with van der Waals surface area (Å²) < 4.78 is 4.01. The van der Waals surface area contributed by atoms with Crippen LogP contribution in [-0.2, 0) is 0 Å². The summed E-state index contributed by atoms with van der Waals surface area (Å²) in [6.45, 7) is 0. The van der Waals surface area contributed by atoms with Crippen molar-refractivity contribution in [1.82, 2.24) is 9.36 Å². The molecule has 1 aromatic heterocycles. The monoisotopic (exact) mass is 156 g/mol. The van der Waals surface area contributed by atoms with Crippen LogP contribution >= 0.6 is 11.5 Å². The quantitative estimate of drug-likeness (QED) is 0.661. The molecule has 0 bridgehead atoms. The maximum atomic E-state index is 10.6. The Balaban J connectivity index is 2.25. The van der Waals surface area contributed by atoms with Crippen molar-refractivity contribution in [2.75, 3.05) is 0 Å². The number of aromatic nitrogens is 2. The Labute approximate surface area is 62.3 Å². The van der Waals surface area contributed by atoms with Gasteiger partial charge in [0.2, 0.25) is 0 Å². The highest BCUT2D eigenvalue weighted by Crippen LogP contribution is 2.33. The largest absolute Gasteiger partial charge is 0.323 e. The first-order valence-corrected chi connectivity index (χ1v) is 4.19. The molecule has 0 saturated heterocycles. The molecule has 0 aliphatic heterocycles. The molecule has 10 heavy (non-hydrogen) atoms. The van der Waals surface area contributed by atoms with Crippen molar-refractivity contribution in [3.05, 3.63) is 15.5 Å². The summed E-state index contributed by atoms with van der Waals surface area (Å²) in [7, 11) is 0. The highest BCUT2D eigenvalue weighted by Gasteiger charge is 2.22. The van der Waals surface area contributed by atoms with E-state index in [0.29, 0.717) is 5.92 Å². The van der Waals surface area contributed by atoms with E-state index in [9.17, 15) is 4.79 Å². The Bertz CT molecular complexity index is 273. The molecule has 1 aliphatic rings. The van der Waals surface area contributed by atoms with Crippen LogP contribution in [0.5, 0.6) is 0 Å². The first-order chi connectivity index (χ1) is 4.86. The predicted octanol–water partition coefficient (Wildman–Crippen LogP) is 1.10. The van der Waals surface area contributed by atoms with Gasteiger partial charge in [0.05, 0.1) is 0 Å². The van der Waals surface area contributed by atoms with Crippen molar-refractivity contribution < 1.29 is 0 Å². The van der Waals surface area contributed by atoms with Crippen molar-refractivity contribution >= 4 is 11.5 Å². The second-order valence-electron chi connectivity index (χ2n) is 2.61. The van der Waals surface area contributed by atoms with Crippen LogP contribution in [0.4, 0.5) is 0 Å². The van der Waals surface area contributed by atoms with Crippen molar-refractivity contribution in [1.29, 1.82) is 0 Å². The van der Waals surface area contributed by atoms with E-state index in [1.54, 1.807) is 0 Å². The van der Waals surface area contributed by atoms with Gasteiger partial charge in [0.25, 0.3) is 0 Å². The third-order valence-electron chi connectivity index (χ3n) is 1.95. The molecule has 1 N–H and O–H groups in total. The fraction of sp³-hybridized carbons (Fsp3) is 0.667. The van der Waals surface area contributed by atoms with Gasteiger partial charge in [-0.2, -0.15) is 4.37 Å². The lowest BCUT2D eigenvalue weighted by Gasteiger charge is -2.21. The number of H-pyrrole nitrogens is 1. The normalized spacial score (nSPS) is 18.8. The van der Waals surface area contributed by atoms with Gasteiger partial charge in [0, 0.05) is 17.5 Å². The van der Waals surface area contributed by atoms with Gasteiger partial charge in [0.15, 0.2) is 0 Å². The molecule has 0 amide bonds. The summed E-state index contributed by atoms with van der Waals surface area (Å²) in [6.07, 6.45) is 3.67. The van der Waals surface area contributed by atoms with E-state index in [1.807, 2.05) is 0 Å². The average Bonchev–Trinajstić information content (AvgIpc) is 2.10. The van der Waals surface area contributed by atoms with Crippen LogP contribution in [-0.4, -0.2) is 9.36 Å². The third kappa shape index (κ3) is 0.883. The van der Waals surface area contributed by atoms with Gasteiger partial charge in [-0.3, -0.25) is 9.78 Å². The van der Waals surface area contributed by atoms with Gasteiger partial charge < -0.3 is 0 Å². The van der Waals surface area contributed by atoms with Gasteiger partial charge in [0.1, 0.15) is 5.82 Å². The maximum Gasteiger partial charge on any atom is 0.323 e. The van der Waals surface area contributed by atoms with Crippen LogP contribution in [0.3, 0.4) is 0 Å². The number of rotatable bonds is 1. The van der Waals surface area contributed by atoms with E-state index in [-0.39, 0.29) is 4.87 Å². The summed E-state index contributed by atoms with van der Waals surface area (Å²) in [5.41, 5.74) is 0. The zero-order valence-corrected chi connectivity index (χ0v) is 6.28. The Morgan fingerprint density at radius 3 is 2.80 bits per heavy atom. The minimum atomic E-state index is -0.0260. The molecule has 0 aromatic carbocycles. The highest BCUT2D eigenvalue weighted by molar-refractivity contribution is 7.02. The van der Waals surface area contributed by atoms with Gasteiger partial charge in [-0.15, -0.1) is 0 Å². The Morgan fingerprint density at radius 2 is 2.40 bits per heavy atom. The number of hydrogen-bond acceptors (Lipinski definition) is 3. The van der Waals surface area contributed by atoms with Crippen LogP contribution in [0, 0.1) is 0 Å². The number of hydrogen-bond donors (Lipinski definition) is 1. The summed E-state index contributed by atoms with van der Waals surface area (Å²) in [6, 6.07) is 0. The van der Waals surface area contributed by atoms with Crippen molar-refractivity contribution in [2.45, 2.75) is 25.2 Å². The lowest BCUT2D eigenvalue weighted by atomic mass is 9.85. The molecule has 1 saturated carbocycles. The first-order valence-electron chi connectivity index (χ1n) is 3.42. The predicted molar refractivity (Wildman–Crippen MR) is 39.3 cm³/mol. The average molecular weight is 156 g/mol. The van der Waals surface area contributed by atoms with Gasteiger partial charge in [-0.05, 0) is 12.8 Å². The maximum absolute atomic E-state index is 10.6. The van der Waals surface area contributed by atoms with Crippen LogP contribution in [0.25, 0.3) is 0 Å². The molecular weight excluding hydrogens is 148 g/mol. The number of nitrogens with one attached hydrogen (secondary N) is 1. The van der Waals surface area contributed by atoms with E-state index >= 15 is 0 Å². The first kappa shape index (κ1) is 6.09. The smallest absolute Gasteiger partial charge is 0.299 e. The van der Waals surface area contributed by atoms with E-state index in [4.69, 9.17) is 0 Å². The van der Waals surface area contributed by atoms with Gasteiger partial charge in [-0.1, -0.05) is 6.42 Å². The van der Waals surface area contributed by atoms with Crippen molar-refractivity contribution in [2.24, 2.45) is 0 Å². The van der Waals surface area contributed by atoms with Crippen LogP contribution in [0.2, 0.25) is 0 Å². The summed E-state index contributed by atoms with van der Waals surface area (Å²) >= 11 is 1.02. The van der Waals surface area contributed by atoms with E-state index < -0.39 is 0 Å². The standard InChI is InChI=1S/C6H8N2OS/c9-6-7-5(8-10-6)4-2-1-3-4/h4H,1-3H2,(H,7,8,9). The summed E-state index contributed by atoms with van der Waals surface area (Å²) in [5.74, 6) is 1.46. The molecule has 1 heterocycles. The molecule has 3 nitrogen and oxygen atoms in total. The summed E-state index contributed by atoms with van der Waals surface area (Å²) in [4.78, 5) is 13.3. The van der Waals surface area contributed by atoms with E-state index in [2.05, 4.69) is 9.36 Å². The van der Waals surface area contributed by atoms with Gasteiger partial charge >= 0.3 is 4.87 Å². The lowest BCUT2D eigenvalue weighted by molar-refractivity contribution is 0.404. The second-order valence-corrected chi connectivity index (χ2v) is 3.34. The van der Waals surface area contributed by atoms with Crippen LogP contribution in [0.1, 0.15) is 31.0 Å². The fourth-order valence-corrected chi connectivity index (χ4v) is 1.63. The molecule has 2 rings (SSSR count). The van der Waals surface area contributed by atoms with Crippen LogP contribution in [0.15, 0.2) is 4.79 Å². The van der Waals surface area contributed by atoms with Crippen LogP contribution < -0.4 is 4.87 Å². The van der Waals surface area contributed by atoms with Gasteiger partial charge in [-0.25, -0.2) is 0 Å². The van der Waals surface area contributed by atoms with Crippen molar-refractivity contribution in [3.63, 3.8) is 0 Å².